The Morgan fingerprint density at radius 1 is 1.07 bits per heavy atom. The molecule has 0 fully saturated rings. The Bertz CT molecular complexity index is 1200. The zero-order valence-corrected chi connectivity index (χ0v) is 15.5. The first-order chi connectivity index (χ1) is 14.3. The quantitative estimate of drug-likeness (QED) is 0.533. The molecule has 0 aliphatic rings. The van der Waals surface area contributed by atoms with Gasteiger partial charge in [0, 0.05) is 18.3 Å². The number of nitrogens with one attached hydrogen (secondary N) is 1. The minimum absolute atomic E-state index is 0.0880. The zero-order chi connectivity index (χ0) is 21.3. The van der Waals surface area contributed by atoms with E-state index in [1.807, 2.05) is 19.1 Å². The monoisotopic (exact) mass is 413 g/mol. The lowest BCUT2D eigenvalue weighted by Crippen LogP contribution is -2.15. The maximum absolute atomic E-state index is 13.1. The molecule has 0 spiro atoms. The van der Waals surface area contributed by atoms with Gasteiger partial charge in [0.25, 0.3) is 5.91 Å². The number of benzene rings is 1. The number of carbonyl (C=O) groups is 1. The third kappa shape index (κ3) is 4.07. The van der Waals surface area contributed by atoms with Gasteiger partial charge >= 0.3 is 6.18 Å². The van der Waals surface area contributed by atoms with Gasteiger partial charge in [-0.2, -0.15) is 18.3 Å². The predicted octanol–water partition coefficient (Wildman–Crippen LogP) is 4.50. The number of hydrogen-bond acceptors (Lipinski definition) is 5. The Hall–Kier alpha value is -3.95. The number of aromatic nitrogens is 4. The van der Waals surface area contributed by atoms with Crippen molar-refractivity contribution in [1.82, 2.24) is 19.6 Å². The molecule has 4 rings (SSSR count). The third-order valence-corrected chi connectivity index (χ3v) is 4.12. The molecule has 4 aromatic rings. The normalized spacial score (nSPS) is 11.5. The molecule has 0 unspecified atom stereocenters. The van der Waals surface area contributed by atoms with Crippen molar-refractivity contribution < 1.29 is 22.7 Å². The van der Waals surface area contributed by atoms with Crippen molar-refractivity contribution in [3.8, 4) is 11.6 Å². The lowest BCUT2D eigenvalue weighted by molar-refractivity contribution is -0.142. The van der Waals surface area contributed by atoms with E-state index in [4.69, 9.17) is 4.74 Å². The van der Waals surface area contributed by atoms with Gasteiger partial charge in [0.1, 0.15) is 11.4 Å². The van der Waals surface area contributed by atoms with E-state index in [2.05, 4.69) is 20.4 Å². The number of fused-ring (bicyclic) bond motifs is 1. The van der Waals surface area contributed by atoms with Gasteiger partial charge in [-0.05, 0) is 31.2 Å². The smallest absolute Gasteiger partial charge is 0.433 e. The Morgan fingerprint density at radius 3 is 2.50 bits per heavy atom. The molecule has 1 amide bonds. The molecule has 0 radical (unpaired) electrons. The standard InChI is InChI=1S/C20H14F3N5O2/c1-12-2-5-14(6-3-12)30-18-7-4-13(11-25-18)26-19(29)15-10-17-24-9-8-16(20(21,22)23)28(17)27-15/h2-11H,1H3,(H,26,29). The topological polar surface area (TPSA) is 81.4 Å². The molecular weight excluding hydrogens is 399 g/mol. The summed E-state index contributed by atoms with van der Waals surface area (Å²) in [5.74, 6) is 0.244. The predicted molar refractivity (Wildman–Crippen MR) is 101 cm³/mol. The minimum atomic E-state index is -4.63. The SMILES string of the molecule is Cc1ccc(Oc2ccc(NC(=O)c3cc4nccc(C(F)(F)F)n4n3)cn2)cc1. The van der Waals surface area contributed by atoms with Crippen molar-refractivity contribution in [2.75, 3.05) is 5.32 Å². The first-order valence-electron chi connectivity index (χ1n) is 8.73. The number of anilines is 1. The average Bonchev–Trinajstić information content (AvgIpc) is 3.15. The van der Waals surface area contributed by atoms with Crippen LogP contribution in [0.15, 0.2) is 60.9 Å². The van der Waals surface area contributed by atoms with Crippen LogP contribution in [0.1, 0.15) is 21.7 Å². The Morgan fingerprint density at radius 2 is 1.83 bits per heavy atom. The second-order valence-corrected chi connectivity index (χ2v) is 6.38. The van der Waals surface area contributed by atoms with Crippen LogP contribution in [-0.2, 0) is 6.18 Å². The average molecular weight is 413 g/mol. The van der Waals surface area contributed by atoms with Crippen molar-refractivity contribution in [3.05, 3.63) is 77.9 Å². The van der Waals surface area contributed by atoms with Crippen molar-refractivity contribution in [2.24, 2.45) is 0 Å². The highest BCUT2D eigenvalue weighted by molar-refractivity contribution is 6.03. The van der Waals surface area contributed by atoms with Gasteiger partial charge < -0.3 is 10.1 Å². The highest BCUT2D eigenvalue weighted by Crippen LogP contribution is 2.29. The molecular formula is C20H14F3N5O2. The van der Waals surface area contributed by atoms with E-state index in [0.717, 1.165) is 17.8 Å². The molecule has 0 aliphatic carbocycles. The van der Waals surface area contributed by atoms with Crippen LogP contribution in [0.3, 0.4) is 0 Å². The molecule has 1 aromatic carbocycles. The van der Waals surface area contributed by atoms with Crippen LogP contribution in [0, 0.1) is 6.92 Å². The fourth-order valence-electron chi connectivity index (χ4n) is 2.66. The minimum Gasteiger partial charge on any atom is -0.439 e. The van der Waals surface area contributed by atoms with Gasteiger partial charge in [0.05, 0.1) is 11.9 Å². The Labute approximate surface area is 168 Å². The second-order valence-electron chi connectivity index (χ2n) is 6.38. The summed E-state index contributed by atoms with van der Waals surface area (Å²) in [6, 6.07) is 12.5. The molecule has 7 nitrogen and oxygen atoms in total. The third-order valence-electron chi connectivity index (χ3n) is 4.12. The molecule has 3 aromatic heterocycles. The molecule has 10 heteroatoms. The lowest BCUT2D eigenvalue weighted by Gasteiger charge is -2.07. The first-order valence-corrected chi connectivity index (χ1v) is 8.73. The first kappa shape index (κ1) is 19.4. The summed E-state index contributed by atoms with van der Waals surface area (Å²) in [6.07, 6.45) is -2.24. The largest absolute Gasteiger partial charge is 0.439 e. The maximum Gasteiger partial charge on any atom is 0.433 e. The fourth-order valence-corrected chi connectivity index (χ4v) is 2.66. The van der Waals surface area contributed by atoms with Crippen LogP contribution in [0.4, 0.5) is 18.9 Å². The van der Waals surface area contributed by atoms with E-state index < -0.39 is 17.8 Å². The van der Waals surface area contributed by atoms with Gasteiger partial charge in [0.15, 0.2) is 11.3 Å². The maximum atomic E-state index is 13.1. The van der Waals surface area contributed by atoms with Gasteiger partial charge in [-0.3, -0.25) is 4.79 Å². The summed E-state index contributed by atoms with van der Waals surface area (Å²) in [4.78, 5) is 20.3. The number of ether oxygens (including phenoxy) is 1. The lowest BCUT2D eigenvalue weighted by atomic mass is 10.2. The highest BCUT2D eigenvalue weighted by Gasteiger charge is 2.34. The summed E-state index contributed by atoms with van der Waals surface area (Å²) < 4.78 is 45.4. The number of nitrogens with zero attached hydrogens (tertiary/aromatic N) is 4. The Kier molecular flexibility index (Phi) is 4.82. The van der Waals surface area contributed by atoms with Gasteiger partial charge in [0.2, 0.25) is 5.88 Å². The van der Waals surface area contributed by atoms with Crippen LogP contribution in [0.5, 0.6) is 11.6 Å². The summed E-state index contributed by atoms with van der Waals surface area (Å²) in [7, 11) is 0. The summed E-state index contributed by atoms with van der Waals surface area (Å²) >= 11 is 0. The molecule has 0 aliphatic heterocycles. The number of hydrogen-bond donors (Lipinski definition) is 1. The van der Waals surface area contributed by atoms with Crippen LogP contribution in [-0.4, -0.2) is 25.5 Å². The molecule has 0 atom stereocenters. The summed E-state index contributed by atoms with van der Waals surface area (Å²) in [6.45, 7) is 1.96. The number of pyridine rings is 1. The molecule has 3 heterocycles. The van der Waals surface area contributed by atoms with E-state index in [9.17, 15) is 18.0 Å². The van der Waals surface area contributed by atoms with Crippen LogP contribution in [0.25, 0.3) is 5.65 Å². The van der Waals surface area contributed by atoms with Crippen molar-refractivity contribution in [2.45, 2.75) is 13.1 Å². The van der Waals surface area contributed by atoms with Gasteiger partial charge in [-0.25, -0.2) is 14.5 Å². The molecule has 30 heavy (non-hydrogen) atoms. The van der Waals surface area contributed by atoms with E-state index in [-0.39, 0.29) is 11.3 Å². The molecule has 0 saturated heterocycles. The van der Waals surface area contributed by atoms with Crippen LogP contribution in [0.2, 0.25) is 0 Å². The second kappa shape index (κ2) is 7.47. The van der Waals surface area contributed by atoms with Gasteiger partial charge in [-0.1, -0.05) is 17.7 Å². The summed E-state index contributed by atoms with van der Waals surface area (Å²) in [5.41, 5.74) is 0.107. The van der Waals surface area contributed by atoms with Gasteiger partial charge in [-0.15, -0.1) is 0 Å². The number of rotatable bonds is 4. The number of amides is 1. The van der Waals surface area contributed by atoms with Crippen LogP contribution >= 0.6 is 0 Å². The number of carbonyl (C=O) groups excluding carboxylic acids is 1. The van der Waals surface area contributed by atoms with E-state index >= 15 is 0 Å². The Balaban J connectivity index is 1.49. The number of halogens is 3. The van der Waals surface area contributed by atoms with Crippen molar-refractivity contribution >= 4 is 17.2 Å². The van der Waals surface area contributed by atoms with E-state index in [1.54, 1.807) is 24.3 Å². The van der Waals surface area contributed by atoms with E-state index in [0.29, 0.717) is 21.8 Å². The van der Waals surface area contributed by atoms with Crippen molar-refractivity contribution in [3.63, 3.8) is 0 Å². The van der Waals surface area contributed by atoms with Crippen LogP contribution < -0.4 is 10.1 Å². The number of aryl methyl sites for hydroxylation is 1. The van der Waals surface area contributed by atoms with Crippen molar-refractivity contribution in [1.29, 1.82) is 0 Å². The molecule has 152 valence electrons. The molecule has 1 N–H and O–H groups in total. The molecule has 0 bridgehead atoms. The fraction of sp³-hybridized carbons (Fsp3) is 0.100. The highest BCUT2D eigenvalue weighted by atomic mass is 19.4. The number of alkyl halides is 3. The summed E-state index contributed by atoms with van der Waals surface area (Å²) in [5, 5.41) is 6.27. The zero-order valence-electron chi connectivity index (χ0n) is 15.5. The van der Waals surface area contributed by atoms with E-state index in [1.165, 1.54) is 12.3 Å². The molecule has 0 saturated carbocycles.